The van der Waals surface area contributed by atoms with Gasteiger partial charge in [-0.3, -0.25) is 0 Å². The molecular formula is C8H6ClIN4. The zero-order valence-electron chi connectivity index (χ0n) is 6.98. The number of anilines is 1. The first-order valence-corrected chi connectivity index (χ1v) is 5.26. The predicted octanol–water partition coefficient (Wildman–Crippen LogP) is 2.11. The lowest BCUT2D eigenvalue weighted by molar-refractivity contribution is 0.801. The lowest BCUT2D eigenvalue weighted by atomic mass is 10.3. The van der Waals surface area contributed by atoms with Crippen LogP contribution in [0.2, 0.25) is 5.02 Å². The van der Waals surface area contributed by atoms with E-state index in [0.29, 0.717) is 10.8 Å². The zero-order chi connectivity index (χ0) is 10.1. The number of benzene rings is 1. The van der Waals surface area contributed by atoms with E-state index in [9.17, 15) is 0 Å². The summed E-state index contributed by atoms with van der Waals surface area (Å²) in [6.07, 6.45) is 1.66. The van der Waals surface area contributed by atoms with Gasteiger partial charge in [0.05, 0.1) is 11.9 Å². The fraction of sp³-hybridized carbons (Fsp3) is 0. The Morgan fingerprint density at radius 1 is 1.43 bits per heavy atom. The summed E-state index contributed by atoms with van der Waals surface area (Å²) in [5, 5.41) is 8.28. The van der Waals surface area contributed by atoms with Crippen LogP contribution in [0.25, 0.3) is 5.69 Å². The van der Waals surface area contributed by atoms with Crippen LogP contribution in [0.4, 0.5) is 5.82 Å². The summed E-state index contributed by atoms with van der Waals surface area (Å²) in [4.78, 5) is 0. The average Bonchev–Trinajstić information content (AvgIpc) is 2.51. The molecule has 14 heavy (non-hydrogen) atoms. The summed E-state index contributed by atoms with van der Waals surface area (Å²) in [6, 6.07) is 5.53. The van der Waals surface area contributed by atoms with E-state index >= 15 is 0 Å². The quantitative estimate of drug-likeness (QED) is 0.819. The molecule has 0 aliphatic rings. The highest BCUT2D eigenvalue weighted by molar-refractivity contribution is 14.1. The van der Waals surface area contributed by atoms with Crippen LogP contribution in [0.15, 0.2) is 24.4 Å². The van der Waals surface area contributed by atoms with E-state index in [1.165, 1.54) is 0 Å². The minimum atomic E-state index is 0.399. The number of nitrogens with two attached hydrogens (primary N) is 1. The molecule has 0 amide bonds. The third-order valence-corrected chi connectivity index (χ3v) is 2.77. The van der Waals surface area contributed by atoms with Gasteiger partial charge in [-0.25, -0.2) is 4.68 Å². The first kappa shape index (κ1) is 9.72. The molecule has 0 saturated heterocycles. The van der Waals surface area contributed by atoms with Crippen molar-refractivity contribution in [1.29, 1.82) is 0 Å². The molecule has 2 aromatic rings. The van der Waals surface area contributed by atoms with Crippen molar-refractivity contribution in [3.05, 3.63) is 33.0 Å². The first-order chi connectivity index (χ1) is 6.66. The highest BCUT2D eigenvalue weighted by Gasteiger charge is 2.04. The van der Waals surface area contributed by atoms with Crippen molar-refractivity contribution in [2.75, 3.05) is 5.73 Å². The fourth-order valence-electron chi connectivity index (χ4n) is 1.06. The first-order valence-electron chi connectivity index (χ1n) is 3.80. The van der Waals surface area contributed by atoms with Gasteiger partial charge in [-0.2, -0.15) is 0 Å². The van der Waals surface area contributed by atoms with Gasteiger partial charge >= 0.3 is 0 Å². The number of aromatic nitrogens is 3. The van der Waals surface area contributed by atoms with Gasteiger partial charge in [0.15, 0.2) is 5.82 Å². The normalized spacial score (nSPS) is 10.4. The largest absolute Gasteiger partial charge is 0.381 e. The van der Waals surface area contributed by atoms with Crippen LogP contribution in [0, 0.1) is 3.57 Å². The molecule has 2 N–H and O–H groups in total. The molecular weight excluding hydrogens is 314 g/mol. The molecule has 0 spiro atoms. The Balaban J connectivity index is 2.52. The second-order valence-corrected chi connectivity index (χ2v) is 4.28. The number of rotatable bonds is 1. The van der Waals surface area contributed by atoms with Crippen molar-refractivity contribution in [2.45, 2.75) is 0 Å². The molecule has 0 saturated carbocycles. The SMILES string of the molecule is Nc1cn(-c2ccc(Cl)cc2I)nn1. The van der Waals surface area contributed by atoms with Crippen molar-refractivity contribution >= 4 is 40.0 Å². The maximum absolute atomic E-state index is 5.83. The second kappa shape index (κ2) is 3.74. The van der Waals surface area contributed by atoms with Crippen molar-refractivity contribution in [3.8, 4) is 5.69 Å². The minimum Gasteiger partial charge on any atom is -0.381 e. The Bertz CT molecular complexity index is 468. The Morgan fingerprint density at radius 3 is 2.79 bits per heavy atom. The molecule has 0 aliphatic carbocycles. The Morgan fingerprint density at radius 2 is 2.21 bits per heavy atom. The molecule has 6 heteroatoms. The maximum Gasteiger partial charge on any atom is 0.166 e. The third kappa shape index (κ3) is 1.83. The maximum atomic E-state index is 5.83. The Labute approximate surface area is 99.2 Å². The van der Waals surface area contributed by atoms with Gasteiger partial charge in [-0.05, 0) is 40.8 Å². The summed E-state index contributed by atoms with van der Waals surface area (Å²) in [7, 11) is 0. The number of nitrogen functional groups attached to an aromatic ring is 1. The van der Waals surface area contributed by atoms with Crippen LogP contribution in [0.3, 0.4) is 0 Å². The fourth-order valence-corrected chi connectivity index (χ4v) is 2.18. The lowest BCUT2D eigenvalue weighted by Crippen LogP contribution is -1.97. The van der Waals surface area contributed by atoms with E-state index in [1.807, 2.05) is 12.1 Å². The standard InChI is InChI=1S/C8H6ClIN4/c9-5-1-2-7(6(10)3-5)14-4-8(11)12-13-14/h1-4H,11H2. The van der Waals surface area contributed by atoms with Gasteiger partial charge < -0.3 is 5.73 Å². The van der Waals surface area contributed by atoms with Gasteiger partial charge in [-0.1, -0.05) is 16.8 Å². The van der Waals surface area contributed by atoms with E-state index in [0.717, 1.165) is 9.26 Å². The molecule has 0 atom stereocenters. The number of hydrogen-bond donors (Lipinski definition) is 1. The minimum absolute atomic E-state index is 0.399. The molecule has 0 bridgehead atoms. The number of nitrogens with zero attached hydrogens (tertiary/aromatic N) is 3. The van der Waals surface area contributed by atoms with Crippen LogP contribution in [-0.4, -0.2) is 15.0 Å². The molecule has 72 valence electrons. The lowest BCUT2D eigenvalue weighted by Gasteiger charge is -2.02. The zero-order valence-corrected chi connectivity index (χ0v) is 9.90. The van der Waals surface area contributed by atoms with Gasteiger partial charge in [0.1, 0.15) is 0 Å². The van der Waals surface area contributed by atoms with Crippen molar-refractivity contribution < 1.29 is 0 Å². The molecule has 0 unspecified atom stereocenters. The molecule has 0 aliphatic heterocycles. The van der Waals surface area contributed by atoms with Crippen molar-refractivity contribution in [1.82, 2.24) is 15.0 Å². The van der Waals surface area contributed by atoms with Crippen molar-refractivity contribution in [3.63, 3.8) is 0 Å². The van der Waals surface area contributed by atoms with E-state index in [4.69, 9.17) is 17.3 Å². The van der Waals surface area contributed by atoms with Crippen LogP contribution in [0.1, 0.15) is 0 Å². The summed E-state index contributed by atoms with van der Waals surface area (Å²) < 4.78 is 2.62. The Kier molecular flexibility index (Phi) is 2.60. The number of hydrogen-bond acceptors (Lipinski definition) is 3. The molecule has 1 aromatic carbocycles. The van der Waals surface area contributed by atoms with Gasteiger partial charge in [-0.15, -0.1) is 5.10 Å². The molecule has 0 radical (unpaired) electrons. The molecule has 1 heterocycles. The summed E-state index contributed by atoms with van der Waals surface area (Å²) in [6.45, 7) is 0. The van der Waals surface area contributed by atoms with Crippen LogP contribution >= 0.6 is 34.2 Å². The van der Waals surface area contributed by atoms with E-state index in [2.05, 4.69) is 32.9 Å². The van der Waals surface area contributed by atoms with Gasteiger partial charge in [0, 0.05) is 8.59 Å². The van der Waals surface area contributed by atoms with Crippen LogP contribution in [0.5, 0.6) is 0 Å². The van der Waals surface area contributed by atoms with Gasteiger partial charge in [0.25, 0.3) is 0 Å². The topological polar surface area (TPSA) is 56.7 Å². The van der Waals surface area contributed by atoms with Crippen molar-refractivity contribution in [2.24, 2.45) is 0 Å². The van der Waals surface area contributed by atoms with E-state index in [-0.39, 0.29) is 0 Å². The average molecular weight is 321 g/mol. The van der Waals surface area contributed by atoms with Gasteiger partial charge in [0.2, 0.25) is 0 Å². The third-order valence-electron chi connectivity index (χ3n) is 1.67. The highest BCUT2D eigenvalue weighted by atomic mass is 127. The predicted molar refractivity (Wildman–Crippen MR) is 63.5 cm³/mol. The van der Waals surface area contributed by atoms with Crippen LogP contribution in [-0.2, 0) is 0 Å². The van der Waals surface area contributed by atoms with E-state index in [1.54, 1.807) is 16.9 Å². The Hall–Kier alpha value is -0.820. The van der Waals surface area contributed by atoms with Crippen LogP contribution < -0.4 is 5.73 Å². The van der Waals surface area contributed by atoms with E-state index < -0.39 is 0 Å². The summed E-state index contributed by atoms with van der Waals surface area (Å²) in [5.74, 6) is 0.399. The monoisotopic (exact) mass is 320 g/mol. The molecule has 1 aromatic heterocycles. The second-order valence-electron chi connectivity index (χ2n) is 2.68. The molecule has 0 fully saturated rings. The summed E-state index contributed by atoms with van der Waals surface area (Å²) in [5.41, 5.74) is 6.39. The number of halogens is 2. The smallest absolute Gasteiger partial charge is 0.166 e. The highest BCUT2D eigenvalue weighted by Crippen LogP contribution is 2.20. The molecule has 4 nitrogen and oxygen atoms in total. The summed E-state index contributed by atoms with van der Waals surface area (Å²) >= 11 is 8.02. The molecule has 2 rings (SSSR count).